The molecule has 0 saturated heterocycles. The second-order valence-electron chi connectivity index (χ2n) is 5.55. The number of ether oxygens (including phenoxy) is 1. The van der Waals surface area contributed by atoms with Crippen molar-refractivity contribution in [3.8, 4) is 0 Å². The predicted octanol–water partition coefficient (Wildman–Crippen LogP) is 3.46. The molecule has 2 unspecified atom stereocenters. The van der Waals surface area contributed by atoms with Gasteiger partial charge < -0.3 is 4.74 Å². The van der Waals surface area contributed by atoms with Crippen LogP contribution in [0.25, 0.3) is 0 Å². The van der Waals surface area contributed by atoms with Crippen molar-refractivity contribution in [3.63, 3.8) is 0 Å². The Bertz CT molecular complexity index is 304. The van der Waals surface area contributed by atoms with Crippen molar-refractivity contribution in [1.82, 2.24) is 0 Å². The van der Waals surface area contributed by atoms with Crippen LogP contribution in [-0.4, -0.2) is 11.6 Å². The zero-order valence-corrected chi connectivity index (χ0v) is 10.4. The van der Waals surface area contributed by atoms with Gasteiger partial charge >= 0.3 is 5.97 Å². The maximum Gasteiger partial charge on any atom is 0.333 e. The van der Waals surface area contributed by atoms with E-state index in [4.69, 9.17) is 4.74 Å². The lowest BCUT2D eigenvalue weighted by Crippen LogP contribution is -2.46. The van der Waals surface area contributed by atoms with Crippen LogP contribution in [0.3, 0.4) is 0 Å². The molecule has 0 amide bonds. The Balaban J connectivity index is 2.14. The Morgan fingerprint density at radius 3 is 2.50 bits per heavy atom. The molecule has 2 aliphatic carbocycles. The first-order chi connectivity index (χ1) is 7.56. The summed E-state index contributed by atoms with van der Waals surface area (Å²) in [6, 6.07) is 0. The summed E-state index contributed by atoms with van der Waals surface area (Å²) in [4.78, 5) is 11.8. The van der Waals surface area contributed by atoms with Gasteiger partial charge in [-0.15, -0.1) is 0 Å². The predicted molar refractivity (Wildman–Crippen MR) is 64.0 cm³/mol. The van der Waals surface area contributed by atoms with Gasteiger partial charge in [-0.2, -0.15) is 0 Å². The molecule has 0 bridgehead atoms. The number of rotatable bonds is 3. The van der Waals surface area contributed by atoms with Gasteiger partial charge in [-0.25, -0.2) is 4.79 Å². The minimum absolute atomic E-state index is 0.158. The SMILES string of the molecule is C=C(C)C(=O)OC1(C2CC2)CCCCC1C. The van der Waals surface area contributed by atoms with Crippen LogP contribution in [0.4, 0.5) is 0 Å². The fourth-order valence-corrected chi connectivity index (χ4v) is 3.02. The van der Waals surface area contributed by atoms with Gasteiger partial charge in [0.15, 0.2) is 0 Å². The number of carbonyl (C=O) groups is 1. The van der Waals surface area contributed by atoms with E-state index in [0.717, 1.165) is 6.42 Å². The highest BCUT2D eigenvalue weighted by atomic mass is 16.6. The van der Waals surface area contributed by atoms with Crippen molar-refractivity contribution in [1.29, 1.82) is 0 Å². The third-order valence-electron chi connectivity index (χ3n) is 4.19. The molecule has 2 fully saturated rings. The minimum atomic E-state index is -0.194. The lowest BCUT2D eigenvalue weighted by Gasteiger charge is -2.42. The molecule has 90 valence electrons. The van der Waals surface area contributed by atoms with E-state index in [1.807, 2.05) is 0 Å². The Hall–Kier alpha value is -0.790. The highest BCUT2D eigenvalue weighted by Gasteiger charge is 2.52. The molecule has 2 heteroatoms. The largest absolute Gasteiger partial charge is 0.455 e. The molecule has 0 spiro atoms. The molecule has 2 atom stereocenters. The number of carbonyl (C=O) groups excluding carboxylic acids is 1. The lowest BCUT2D eigenvalue weighted by atomic mass is 9.73. The third-order valence-corrected chi connectivity index (χ3v) is 4.19. The molecule has 16 heavy (non-hydrogen) atoms. The Kier molecular flexibility index (Phi) is 3.09. The van der Waals surface area contributed by atoms with Crippen molar-refractivity contribution >= 4 is 5.97 Å². The van der Waals surface area contributed by atoms with E-state index in [1.54, 1.807) is 6.92 Å². The average Bonchev–Trinajstić information content (AvgIpc) is 3.05. The molecule has 0 aromatic rings. The van der Waals surface area contributed by atoms with Crippen LogP contribution in [0.15, 0.2) is 12.2 Å². The van der Waals surface area contributed by atoms with Crippen LogP contribution in [0.5, 0.6) is 0 Å². The molecule has 0 radical (unpaired) electrons. The van der Waals surface area contributed by atoms with Gasteiger partial charge in [-0.1, -0.05) is 19.9 Å². The van der Waals surface area contributed by atoms with Crippen molar-refractivity contribution in [2.45, 2.75) is 58.0 Å². The molecule has 2 aliphatic rings. The second kappa shape index (κ2) is 4.23. The summed E-state index contributed by atoms with van der Waals surface area (Å²) < 4.78 is 5.84. The minimum Gasteiger partial charge on any atom is -0.455 e. The molecule has 2 saturated carbocycles. The van der Waals surface area contributed by atoms with Crippen LogP contribution in [0.1, 0.15) is 52.4 Å². The van der Waals surface area contributed by atoms with Gasteiger partial charge in [0, 0.05) is 5.57 Å². The standard InChI is InChI=1S/C14H22O2/c1-10(2)13(15)16-14(12-7-8-12)9-5-4-6-11(14)3/h11-12H,1,4-9H2,2-3H3. The maximum absolute atomic E-state index is 11.8. The van der Waals surface area contributed by atoms with Gasteiger partial charge in [0.05, 0.1) is 0 Å². The Morgan fingerprint density at radius 1 is 1.31 bits per heavy atom. The van der Waals surface area contributed by atoms with Crippen molar-refractivity contribution in [2.75, 3.05) is 0 Å². The quantitative estimate of drug-likeness (QED) is 0.540. The van der Waals surface area contributed by atoms with E-state index in [-0.39, 0.29) is 11.6 Å². The average molecular weight is 222 g/mol. The summed E-state index contributed by atoms with van der Waals surface area (Å²) in [5, 5.41) is 0. The summed E-state index contributed by atoms with van der Waals surface area (Å²) in [5.74, 6) is 0.934. The maximum atomic E-state index is 11.8. The fraction of sp³-hybridized carbons (Fsp3) is 0.786. The summed E-state index contributed by atoms with van der Waals surface area (Å²) in [6.07, 6.45) is 7.18. The van der Waals surface area contributed by atoms with E-state index in [2.05, 4.69) is 13.5 Å². The number of hydrogen-bond donors (Lipinski definition) is 0. The molecule has 0 N–H and O–H groups in total. The van der Waals surface area contributed by atoms with Crippen molar-refractivity contribution in [2.24, 2.45) is 11.8 Å². The van der Waals surface area contributed by atoms with Gasteiger partial charge in [0.1, 0.15) is 5.60 Å². The summed E-state index contributed by atoms with van der Waals surface area (Å²) in [7, 11) is 0. The zero-order valence-electron chi connectivity index (χ0n) is 10.4. The topological polar surface area (TPSA) is 26.3 Å². The molecule has 0 aliphatic heterocycles. The van der Waals surface area contributed by atoms with Crippen LogP contribution in [0, 0.1) is 11.8 Å². The molecular weight excluding hydrogens is 200 g/mol. The second-order valence-corrected chi connectivity index (χ2v) is 5.55. The summed E-state index contributed by atoms with van der Waals surface area (Å²) >= 11 is 0. The van der Waals surface area contributed by atoms with Crippen LogP contribution >= 0.6 is 0 Å². The van der Waals surface area contributed by atoms with Gasteiger partial charge in [0.25, 0.3) is 0 Å². The van der Waals surface area contributed by atoms with Gasteiger partial charge in [-0.05, 0) is 50.9 Å². The van der Waals surface area contributed by atoms with Crippen LogP contribution in [0.2, 0.25) is 0 Å². The first-order valence-electron chi connectivity index (χ1n) is 6.45. The van der Waals surface area contributed by atoms with E-state index in [1.165, 1.54) is 32.1 Å². The van der Waals surface area contributed by atoms with E-state index in [9.17, 15) is 4.79 Å². The van der Waals surface area contributed by atoms with E-state index < -0.39 is 0 Å². The highest BCUT2D eigenvalue weighted by Crippen LogP contribution is 2.52. The highest BCUT2D eigenvalue weighted by molar-refractivity contribution is 5.87. The number of esters is 1. The Labute approximate surface area is 98.1 Å². The van der Waals surface area contributed by atoms with E-state index >= 15 is 0 Å². The molecule has 0 heterocycles. The monoisotopic (exact) mass is 222 g/mol. The van der Waals surface area contributed by atoms with Gasteiger partial charge in [0.2, 0.25) is 0 Å². The Morgan fingerprint density at radius 2 is 2.00 bits per heavy atom. The lowest BCUT2D eigenvalue weighted by molar-refractivity contribution is -0.169. The third kappa shape index (κ3) is 2.02. The first-order valence-corrected chi connectivity index (χ1v) is 6.45. The molecule has 0 aromatic carbocycles. The summed E-state index contributed by atoms with van der Waals surface area (Å²) in [5.41, 5.74) is 0.367. The number of hydrogen-bond acceptors (Lipinski definition) is 2. The molecule has 0 aromatic heterocycles. The molecular formula is C14H22O2. The smallest absolute Gasteiger partial charge is 0.333 e. The van der Waals surface area contributed by atoms with E-state index in [0.29, 0.717) is 17.4 Å². The van der Waals surface area contributed by atoms with Crippen molar-refractivity contribution < 1.29 is 9.53 Å². The molecule has 2 nitrogen and oxygen atoms in total. The normalized spacial score (nSPS) is 34.5. The van der Waals surface area contributed by atoms with Crippen molar-refractivity contribution in [3.05, 3.63) is 12.2 Å². The van der Waals surface area contributed by atoms with Crippen LogP contribution < -0.4 is 0 Å². The molecule has 2 rings (SSSR count). The van der Waals surface area contributed by atoms with Crippen LogP contribution in [-0.2, 0) is 9.53 Å². The zero-order chi connectivity index (χ0) is 11.8. The fourth-order valence-electron chi connectivity index (χ4n) is 3.02. The first kappa shape index (κ1) is 11.7. The van der Waals surface area contributed by atoms with Gasteiger partial charge in [-0.3, -0.25) is 0 Å². The summed E-state index contributed by atoms with van der Waals surface area (Å²) in [6.45, 7) is 7.65.